The fourth-order valence-corrected chi connectivity index (χ4v) is 2.15. The zero-order chi connectivity index (χ0) is 17.5. The molecule has 7 heteroatoms. The summed E-state index contributed by atoms with van der Waals surface area (Å²) in [6.07, 6.45) is -0.130. The van der Waals surface area contributed by atoms with Gasteiger partial charge in [-0.25, -0.2) is 8.78 Å². The predicted octanol–water partition coefficient (Wildman–Crippen LogP) is 3.02. The van der Waals surface area contributed by atoms with Gasteiger partial charge in [0.1, 0.15) is 11.6 Å². The third kappa shape index (κ3) is 5.62. The Kier molecular flexibility index (Phi) is 6.26. The number of halogens is 3. The monoisotopic (exact) mass is 353 g/mol. The van der Waals surface area contributed by atoms with Crippen molar-refractivity contribution in [2.24, 2.45) is 0 Å². The summed E-state index contributed by atoms with van der Waals surface area (Å²) >= 11 is 5.84. The lowest BCUT2D eigenvalue weighted by atomic mass is 10.1. The Hall–Kier alpha value is -2.47. The van der Waals surface area contributed by atoms with E-state index in [2.05, 4.69) is 5.32 Å². The normalized spacial score (nSPS) is 10.3. The number of carbonyl (C=O) groups excluding carboxylic acids is 2. The molecule has 0 spiro atoms. The van der Waals surface area contributed by atoms with E-state index in [0.29, 0.717) is 11.1 Å². The van der Waals surface area contributed by atoms with Crippen molar-refractivity contribution in [1.82, 2.24) is 5.32 Å². The highest BCUT2D eigenvalue weighted by Gasteiger charge is 2.10. The number of carbonyl (C=O) groups is 2. The van der Waals surface area contributed by atoms with E-state index < -0.39 is 30.1 Å². The Labute approximate surface area is 142 Å². The molecule has 0 radical (unpaired) electrons. The molecule has 2 aromatic rings. The molecule has 0 saturated carbocycles. The summed E-state index contributed by atoms with van der Waals surface area (Å²) in [6, 6.07) is 9.38. The second-order valence-electron chi connectivity index (χ2n) is 4.98. The van der Waals surface area contributed by atoms with Crippen molar-refractivity contribution in [3.63, 3.8) is 0 Å². The van der Waals surface area contributed by atoms with Crippen molar-refractivity contribution in [3.05, 3.63) is 70.2 Å². The van der Waals surface area contributed by atoms with Crippen LogP contribution in [0.4, 0.5) is 8.78 Å². The first-order valence-electron chi connectivity index (χ1n) is 7.05. The smallest absolute Gasteiger partial charge is 0.310 e. The first-order chi connectivity index (χ1) is 11.4. The van der Waals surface area contributed by atoms with Crippen LogP contribution in [0.25, 0.3) is 0 Å². The van der Waals surface area contributed by atoms with E-state index in [0.717, 1.165) is 6.07 Å². The lowest BCUT2D eigenvalue weighted by Crippen LogP contribution is -2.28. The van der Waals surface area contributed by atoms with Crippen LogP contribution in [0.2, 0.25) is 5.02 Å². The SMILES string of the molecule is O=C(COC(=O)Cc1cccc(F)c1)NCc1ccc(F)cc1Cl. The number of amides is 1. The molecule has 24 heavy (non-hydrogen) atoms. The van der Waals surface area contributed by atoms with Crippen molar-refractivity contribution in [1.29, 1.82) is 0 Å². The van der Waals surface area contributed by atoms with Crippen LogP contribution >= 0.6 is 11.6 Å². The number of hydrogen-bond donors (Lipinski definition) is 1. The largest absolute Gasteiger partial charge is 0.455 e. The van der Waals surface area contributed by atoms with Gasteiger partial charge in [-0.15, -0.1) is 0 Å². The Balaban J connectivity index is 1.75. The summed E-state index contributed by atoms with van der Waals surface area (Å²) in [4.78, 5) is 23.2. The average Bonchev–Trinajstić information content (AvgIpc) is 2.52. The summed E-state index contributed by atoms with van der Waals surface area (Å²) in [5.41, 5.74) is 0.996. The molecule has 0 atom stereocenters. The van der Waals surface area contributed by atoms with Gasteiger partial charge in [0.2, 0.25) is 0 Å². The van der Waals surface area contributed by atoms with Crippen LogP contribution in [0.3, 0.4) is 0 Å². The predicted molar refractivity (Wildman–Crippen MR) is 84.3 cm³/mol. The Morgan fingerprint density at radius 3 is 2.54 bits per heavy atom. The maximum atomic E-state index is 13.0. The lowest BCUT2D eigenvalue weighted by molar-refractivity contribution is -0.147. The van der Waals surface area contributed by atoms with Gasteiger partial charge in [0.15, 0.2) is 6.61 Å². The van der Waals surface area contributed by atoms with Crippen molar-refractivity contribution in [3.8, 4) is 0 Å². The molecule has 0 aliphatic rings. The number of benzene rings is 2. The molecular weight excluding hydrogens is 340 g/mol. The summed E-state index contributed by atoms with van der Waals surface area (Å²) in [7, 11) is 0. The van der Waals surface area contributed by atoms with Crippen LogP contribution in [0.5, 0.6) is 0 Å². The number of rotatable bonds is 6. The molecular formula is C17H14ClF2NO3. The molecule has 0 heterocycles. The van der Waals surface area contributed by atoms with Gasteiger partial charge in [-0.3, -0.25) is 9.59 Å². The van der Waals surface area contributed by atoms with Gasteiger partial charge in [-0.1, -0.05) is 29.8 Å². The number of hydrogen-bond acceptors (Lipinski definition) is 3. The minimum atomic E-state index is -0.643. The average molecular weight is 354 g/mol. The molecule has 0 unspecified atom stereocenters. The van der Waals surface area contributed by atoms with Crippen LogP contribution < -0.4 is 5.32 Å². The summed E-state index contributed by atoms with van der Waals surface area (Å²) in [6.45, 7) is -0.383. The minimum Gasteiger partial charge on any atom is -0.455 e. The summed E-state index contributed by atoms with van der Waals surface area (Å²) in [5, 5.41) is 2.70. The van der Waals surface area contributed by atoms with E-state index in [4.69, 9.17) is 16.3 Å². The highest BCUT2D eigenvalue weighted by atomic mass is 35.5. The highest BCUT2D eigenvalue weighted by molar-refractivity contribution is 6.31. The molecule has 0 bridgehead atoms. The van der Waals surface area contributed by atoms with Gasteiger partial charge >= 0.3 is 5.97 Å². The fraction of sp³-hybridized carbons (Fsp3) is 0.176. The van der Waals surface area contributed by atoms with Crippen molar-refractivity contribution < 1.29 is 23.1 Å². The van der Waals surface area contributed by atoms with Gasteiger partial charge < -0.3 is 10.1 Å². The van der Waals surface area contributed by atoms with Crippen molar-refractivity contribution >= 4 is 23.5 Å². The first-order valence-corrected chi connectivity index (χ1v) is 7.42. The van der Waals surface area contributed by atoms with E-state index >= 15 is 0 Å². The highest BCUT2D eigenvalue weighted by Crippen LogP contribution is 2.16. The Morgan fingerprint density at radius 1 is 1.08 bits per heavy atom. The second kappa shape index (κ2) is 8.40. The van der Waals surface area contributed by atoms with E-state index in [-0.39, 0.29) is 18.0 Å². The molecule has 0 aliphatic heterocycles. The molecule has 4 nitrogen and oxygen atoms in total. The molecule has 0 fully saturated rings. The third-order valence-corrected chi connectivity index (χ3v) is 3.44. The lowest BCUT2D eigenvalue weighted by Gasteiger charge is -2.08. The zero-order valence-corrected chi connectivity index (χ0v) is 13.3. The molecule has 126 valence electrons. The molecule has 2 aromatic carbocycles. The van der Waals surface area contributed by atoms with Crippen LogP contribution in [0.1, 0.15) is 11.1 Å². The van der Waals surface area contributed by atoms with Crippen LogP contribution in [-0.4, -0.2) is 18.5 Å². The Bertz CT molecular complexity index is 752. The van der Waals surface area contributed by atoms with Gasteiger partial charge in [0, 0.05) is 11.6 Å². The van der Waals surface area contributed by atoms with Gasteiger partial charge in [-0.05, 0) is 35.4 Å². The third-order valence-electron chi connectivity index (χ3n) is 3.09. The topological polar surface area (TPSA) is 55.4 Å². The number of nitrogens with one attached hydrogen (secondary N) is 1. The van der Waals surface area contributed by atoms with E-state index in [1.54, 1.807) is 6.07 Å². The molecule has 0 aromatic heterocycles. The molecule has 0 aliphatic carbocycles. The van der Waals surface area contributed by atoms with Gasteiger partial charge in [0.05, 0.1) is 6.42 Å². The summed E-state index contributed by atoms with van der Waals surface area (Å²) < 4.78 is 30.7. The first kappa shape index (κ1) is 17.9. The second-order valence-corrected chi connectivity index (χ2v) is 5.39. The van der Waals surface area contributed by atoms with E-state index in [1.165, 1.54) is 30.3 Å². The molecule has 2 rings (SSSR count). The molecule has 1 amide bonds. The summed E-state index contributed by atoms with van der Waals surface area (Å²) in [5.74, 6) is -2.09. The van der Waals surface area contributed by atoms with E-state index in [9.17, 15) is 18.4 Å². The van der Waals surface area contributed by atoms with Gasteiger partial charge in [-0.2, -0.15) is 0 Å². The van der Waals surface area contributed by atoms with Crippen LogP contribution in [0.15, 0.2) is 42.5 Å². The molecule has 1 N–H and O–H groups in total. The minimum absolute atomic E-state index is 0.0827. The van der Waals surface area contributed by atoms with E-state index in [1.807, 2.05) is 0 Å². The number of esters is 1. The number of ether oxygens (including phenoxy) is 1. The Morgan fingerprint density at radius 2 is 1.83 bits per heavy atom. The van der Waals surface area contributed by atoms with Crippen molar-refractivity contribution in [2.45, 2.75) is 13.0 Å². The van der Waals surface area contributed by atoms with Crippen LogP contribution in [0, 0.1) is 11.6 Å². The standard InChI is InChI=1S/C17H14ClF2NO3/c18-15-8-14(20)5-4-12(15)9-21-16(22)10-24-17(23)7-11-2-1-3-13(19)6-11/h1-6,8H,7,9-10H2,(H,21,22). The van der Waals surface area contributed by atoms with Crippen LogP contribution in [-0.2, 0) is 27.3 Å². The maximum Gasteiger partial charge on any atom is 0.310 e. The van der Waals surface area contributed by atoms with Crippen molar-refractivity contribution in [2.75, 3.05) is 6.61 Å². The fourth-order valence-electron chi connectivity index (χ4n) is 1.92. The maximum absolute atomic E-state index is 13.0. The van der Waals surface area contributed by atoms with Gasteiger partial charge in [0.25, 0.3) is 5.91 Å². The molecule has 0 saturated heterocycles. The quantitative estimate of drug-likeness (QED) is 0.812. The zero-order valence-electron chi connectivity index (χ0n) is 12.5.